The summed E-state index contributed by atoms with van der Waals surface area (Å²) in [6, 6.07) is 3.07. The van der Waals surface area contributed by atoms with E-state index in [0.29, 0.717) is 11.5 Å². The monoisotopic (exact) mass is 226 g/mol. The molecule has 0 aromatic carbocycles. The Morgan fingerprint density at radius 2 is 2.47 bits per heavy atom. The highest BCUT2D eigenvalue weighted by molar-refractivity contribution is 7.98. The van der Waals surface area contributed by atoms with E-state index >= 15 is 0 Å². The van der Waals surface area contributed by atoms with E-state index in [1.165, 1.54) is 11.8 Å². The number of aromatic nitrogens is 1. The van der Waals surface area contributed by atoms with Crippen molar-refractivity contribution in [2.24, 2.45) is 5.73 Å². The van der Waals surface area contributed by atoms with Crippen molar-refractivity contribution < 1.29 is 9.90 Å². The molecule has 0 amide bonds. The maximum Gasteiger partial charge on any atom is 0.321 e. The maximum atomic E-state index is 10.5. The van der Waals surface area contributed by atoms with Crippen LogP contribution in [0.25, 0.3) is 0 Å². The highest BCUT2D eigenvalue weighted by atomic mass is 32.2. The van der Waals surface area contributed by atoms with Crippen LogP contribution >= 0.6 is 11.8 Å². The van der Waals surface area contributed by atoms with Gasteiger partial charge < -0.3 is 10.8 Å². The van der Waals surface area contributed by atoms with E-state index in [1.54, 1.807) is 6.20 Å². The number of aryl methyl sites for hydroxylation is 1. The van der Waals surface area contributed by atoms with E-state index in [9.17, 15) is 4.79 Å². The Labute approximate surface area is 92.9 Å². The molecule has 3 N–H and O–H groups in total. The van der Waals surface area contributed by atoms with Gasteiger partial charge in [0.25, 0.3) is 0 Å². The van der Waals surface area contributed by atoms with Crippen LogP contribution in [0.1, 0.15) is 11.3 Å². The molecule has 0 saturated carbocycles. The van der Waals surface area contributed by atoms with Crippen LogP contribution in [0, 0.1) is 6.92 Å². The molecule has 0 aliphatic rings. The number of aliphatic carboxylic acids is 1. The van der Waals surface area contributed by atoms with Crippen LogP contribution in [-0.4, -0.2) is 27.9 Å². The van der Waals surface area contributed by atoms with E-state index in [4.69, 9.17) is 10.8 Å². The zero-order valence-electron chi connectivity index (χ0n) is 8.51. The van der Waals surface area contributed by atoms with Gasteiger partial charge in [0.05, 0.1) is 5.69 Å². The van der Waals surface area contributed by atoms with Crippen LogP contribution in [0.15, 0.2) is 18.3 Å². The van der Waals surface area contributed by atoms with Crippen LogP contribution in [0.3, 0.4) is 0 Å². The Morgan fingerprint density at radius 1 is 1.73 bits per heavy atom. The molecule has 0 radical (unpaired) electrons. The second-order valence-corrected chi connectivity index (χ2v) is 4.26. The predicted octanol–water partition coefficient (Wildman–Crippen LogP) is 1.04. The molecule has 0 unspecified atom stereocenters. The first kappa shape index (κ1) is 12.0. The molecule has 4 nitrogen and oxygen atoms in total. The molecule has 1 rings (SSSR count). The molecular weight excluding hydrogens is 212 g/mol. The van der Waals surface area contributed by atoms with Gasteiger partial charge in [0.15, 0.2) is 0 Å². The molecule has 82 valence electrons. The number of hydrogen-bond acceptors (Lipinski definition) is 4. The number of nitrogens with two attached hydrogens (primary N) is 1. The topological polar surface area (TPSA) is 76.2 Å². The van der Waals surface area contributed by atoms with Crippen molar-refractivity contribution in [2.75, 3.05) is 5.75 Å². The Morgan fingerprint density at radius 3 is 3.07 bits per heavy atom. The average Bonchev–Trinajstić information content (AvgIpc) is 2.20. The third kappa shape index (κ3) is 3.89. The van der Waals surface area contributed by atoms with Gasteiger partial charge in [-0.1, -0.05) is 6.07 Å². The van der Waals surface area contributed by atoms with Gasteiger partial charge in [-0.2, -0.15) is 11.8 Å². The third-order valence-electron chi connectivity index (χ3n) is 1.97. The number of carboxylic acids is 1. The van der Waals surface area contributed by atoms with Gasteiger partial charge in [-0.3, -0.25) is 9.78 Å². The number of thioether (sulfide) groups is 1. The predicted molar refractivity (Wildman–Crippen MR) is 60.7 cm³/mol. The molecule has 1 aromatic rings. The van der Waals surface area contributed by atoms with Crippen molar-refractivity contribution in [3.63, 3.8) is 0 Å². The smallest absolute Gasteiger partial charge is 0.321 e. The Kier molecular flexibility index (Phi) is 4.58. The van der Waals surface area contributed by atoms with E-state index in [1.807, 2.05) is 19.1 Å². The Balaban J connectivity index is 2.38. The molecule has 1 aromatic heterocycles. The maximum absolute atomic E-state index is 10.5. The standard InChI is InChI=1S/C10H14N2O2S/c1-7-3-2-4-12-9(7)6-15-5-8(11)10(13)14/h2-4,8H,5-6,11H2,1H3,(H,13,14)/t8-/m1/s1. The molecule has 15 heavy (non-hydrogen) atoms. The molecule has 0 aliphatic heterocycles. The summed E-state index contributed by atoms with van der Waals surface area (Å²) in [4.78, 5) is 14.7. The van der Waals surface area contributed by atoms with Crippen LogP contribution in [0.5, 0.6) is 0 Å². The lowest BCUT2D eigenvalue weighted by molar-refractivity contribution is -0.137. The molecule has 5 heteroatoms. The van der Waals surface area contributed by atoms with Crippen molar-refractivity contribution >= 4 is 17.7 Å². The first-order chi connectivity index (χ1) is 7.11. The molecule has 1 atom stereocenters. The van der Waals surface area contributed by atoms with Crippen LogP contribution in [0.2, 0.25) is 0 Å². The van der Waals surface area contributed by atoms with E-state index < -0.39 is 12.0 Å². The van der Waals surface area contributed by atoms with E-state index in [2.05, 4.69) is 4.98 Å². The minimum absolute atomic E-state index is 0.408. The van der Waals surface area contributed by atoms with Crippen LogP contribution in [0.4, 0.5) is 0 Å². The molecule has 0 spiro atoms. The third-order valence-corrected chi connectivity index (χ3v) is 3.04. The average molecular weight is 226 g/mol. The van der Waals surface area contributed by atoms with Gasteiger partial charge in [-0.25, -0.2) is 0 Å². The summed E-state index contributed by atoms with van der Waals surface area (Å²) in [6.07, 6.45) is 1.74. The number of carbonyl (C=O) groups is 1. The Bertz CT molecular complexity index is 344. The fraction of sp³-hybridized carbons (Fsp3) is 0.400. The fourth-order valence-corrected chi connectivity index (χ4v) is 2.03. The van der Waals surface area contributed by atoms with Gasteiger partial charge in [0.2, 0.25) is 0 Å². The second-order valence-electron chi connectivity index (χ2n) is 3.23. The van der Waals surface area contributed by atoms with Gasteiger partial charge in [0.1, 0.15) is 6.04 Å². The normalized spacial score (nSPS) is 12.4. The molecule has 0 fully saturated rings. The highest BCUT2D eigenvalue weighted by Crippen LogP contribution is 2.13. The fourth-order valence-electron chi connectivity index (χ4n) is 1.02. The lowest BCUT2D eigenvalue weighted by atomic mass is 10.2. The zero-order chi connectivity index (χ0) is 11.3. The van der Waals surface area contributed by atoms with Crippen molar-refractivity contribution in [1.82, 2.24) is 4.98 Å². The van der Waals surface area contributed by atoms with Crippen LogP contribution in [-0.2, 0) is 10.5 Å². The molecule has 0 bridgehead atoms. The highest BCUT2D eigenvalue weighted by Gasteiger charge is 2.11. The summed E-state index contributed by atoms with van der Waals surface area (Å²) in [7, 11) is 0. The van der Waals surface area contributed by atoms with Crippen molar-refractivity contribution in [1.29, 1.82) is 0 Å². The minimum atomic E-state index is -0.958. The first-order valence-electron chi connectivity index (χ1n) is 4.58. The number of rotatable bonds is 5. The Hall–Kier alpha value is -1.07. The van der Waals surface area contributed by atoms with Gasteiger partial charge in [-0.05, 0) is 18.6 Å². The van der Waals surface area contributed by atoms with Gasteiger partial charge >= 0.3 is 5.97 Å². The summed E-state index contributed by atoms with van der Waals surface area (Å²) >= 11 is 1.49. The molecule has 1 heterocycles. The van der Waals surface area contributed by atoms with Crippen LogP contribution < -0.4 is 5.73 Å². The zero-order valence-corrected chi connectivity index (χ0v) is 9.33. The number of nitrogens with zero attached hydrogens (tertiary/aromatic N) is 1. The second kappa shape index (κ2) is 5.72. The summed E-state index contributed by atoms with van der Waals surface area (Å²) in [5.41, 5.74) is 7.48. The summed E-state index contributed by atoms with van der Waals surface area (Å²) in [5.74, 6) is 0.152. The van der Waals surface area contributed by atoms with Gasteiger partial charge in [0, 0.05) is 17.7 Å². The first-order valence-corrected chi connectivity index (χ1v) is 5.73. The van der Waals surface area contributed by atoms with E-state index in [-0.39, 0.29) is 0 Å². The van der Waals surface area contributed by atoms with Crippen molar-refractivity contribution in [3.8, 4) is 0 Å². The number of hydrogen-bond donors (Lipinski definition) is 2. The number of pyridine rings is 1. The SMILES string of the molecule is Cc1cccnc1CSC[C@@H](N)C(=O)O. The lowest BCUT2D eigenvalue weighted by Gasteiger charge is -2.06. The summed E-state index contributed by atoms with van der Waals surface area (Å²) in [5, 5.41) is 8.58. The van der Waals surface area contributed by atoms with Gasteiger partial charge in [-0.15, -0.1) is 0 Å². The molecular formula is C10H14N2O2S. The number of carboxylic acid groups (broad SMARTS) is 1. The summed E-state index contributed by atoms with van der Waals surface area (Å²) < 4.78 is 0. The molecule has 0 saturated heterocycles. The summed E-state index contributed by atoms with van der Waals surface area (Å²) in [6.45, 7) is 1.99. The quantitative estimate of drug-likeness (QED) is 0.784. The van der Waals surface area contributed by atoms with Crippen molar-refractivity contribution in [2.45, 2.75) is 18.7 Å². The molecule has 0 aliphatic carbocycles. The lowest BCUT2D eigenvalue weighted by Crippen LogP contribution is -2.32. The largest absolute Gasteiger partial charge is 0.480 e. The van der Waals surface area contributed by atoms with Crippen molar-refractivity contribution in [3.05, 3.63) is 29.6 Å². The van der Waals surface area contributed by atoms with E-state index in [0.717, 1.165) is 11.3 Å². The minimum Gasteiger partial charge on any atom is -0.480 e.